The van der Waals surface area contributed by atoms with Crippen LogP contribution in [0, 0.1) is 5.82 Å². The summed E-state index contributed by atoms with van der Waals surface area (Å²) in [6.07, 6.45) is -2.29. The molecule has 0 bridgehead atoms. The van der Waals surface area contributed by atoms with E-state index in [-0.39, 0.29) is 12.2 Å². The van der Waals surface area contributed by atoms with Crippen LogP contribution in [-0.2, 0) is 15.8 Å². The van der Waals surface area contributed by atoms with Crippen LogP contribution in [0.25, 0.3) is 0 Å². The molecule has 0 aromatic heterocycles. The molecule has 2 rings (SSSR count). The lowest BCUT2D eigenvalue weighted by molar-refractivity contribution is -0.140. The van der Waals surface area contributed by atoms with E-state index < -0.39 is 35.0 Å². The van der Waals surface area contributed by atoms with Gasteiger partial charge in [0.1, 0.15) is 5.82 Å². The maximum Gasteiger partial charge on any atom is 0.419 e. The van der Waals surface area contributed by atoms with Crippen LogP contribution in [0.1, 0.15) is 31.2 Å². The van der Waals surface area contributed by atoms with E-state index in [9.17, 15) is 32.3 Å². The van der Waals surface area contributed by atoms with Crippen molar-refractivity contribution in [2.45, 2.75) is 37.5 Å². The van der Waals surface area contributed by atoms with Crippen LogP contribution in [0.2, 0.25) is 0 Å². The molecule has 0 heterocycles. The zero-order valence-electron chi connectivity index (χ0n) is 12.5. The average Bonchev–Trinajstić information content (AvgIpc) is 2.93. The normalized spacial score (nSPS) is 16.7. The quantitative estimate of drug-likeness (QED) is 0.579. The van der Waals surface area contributed by atoms with Crippen LogP contribution in [0.5, 0.6) is 0 Å². The third-order valence-corrected chi connectivity index (χ3v) is 3.85. The Bertz CT molecular complexity index is 640. The molecular formula is C15H16F4N2O3. The molecule has 1 saturated carbocycles. The van der Waals surface area contributed by atoms with E-state index in [1.165, 1.54) is 0 Å². The molecule has 1 aromatic carbocycles. The first kappa shape index (κ1) is 18.2. The molecule has 1 fully saturated rings. The molecule has 1 aliphatic carbocycles. The molecule has 0 unspecified atom stereocenters. The van der Waals surface area contributed by atoms with E-state index in [4.69, 9.17) is 0 Å². The maximum absolute atomic E-state index is 13.2. The number of hydrogen-bond donors (Lipinski definition) is 3. The number of halogens is 4. The van der Waals surface area contributed by atoms with Gasteiger partial charge in [0.25, 0.3) is 0 Å². The third-order valence-electron chi connectivity index (χ3n) is 3.85. The van der Waals surface area contributed by atoms with E-state index in [1.54, 1.807) is 0 Å². The minimum Gasteiger partial charge on any atom is -0.388 e. The van der Waals surface area contributed by atoms with Gasteiger partial charge < -0.3 is 15.7 Å². The van der Waals surface area contributed by atoms with Crippen LogP contribution >= 0.6 is 0 Å². The van der Waals surface area contributed by atoms with E-state index in [0.717, 1.165) is 18.9 Å². The Balaban J connectivity index is 1.97. The molecule has 0 aliphatic heterocycles. The summed E-state index contributed by atoms with van der Waals surface area (Å²) in [7, 11) is 0. The average molecular weight is 348 g/mol. The molecular weight excluding hydrogens is 332 g/mol. The number of nitrogens with one attached hydrogen (secondary N) is 2. The number of hydrogen-bond acceptors (Lipinski definition) is 3. The van der Waals surface area contributed by atoms with Crippen LogP contribution in [0.4, 0.5) is 23.2 Å². The van der Waals surface area contributed by atoms with Gasteiger partial charge >= 0.3 is 18.0 Å². The van der Waals surface area contributed by atoms with Crippen molar-refractivity contribution >= 4 is 17.5 Å². The van der Waals surface area contributed by atoms with Crippen LogP contribution in [-0.4, -0.2) is 29.1 Å². The zero-order chi connectivity index (χ0) is 18.0. The Labute approximate surface area is 135 Å². The second-order valence-electron chi connectivity index (χ2n) is 5.76. The fourth-order valence-corrected chi connectivity index (χ4v) is 2.54. The van der Waals surface area contributed by atoms with Gasteiger partial charge in [0.2, 0.25) is 0 Å². The number of amides is 2. The molecule has 0 atom stereocenters. The van der Waals surface area contributed by atoms with Crippen molar-refractivity contribution in [3.05, 3.63) is 29.6 Å². The molecule has 9 heteroatoms. The Morgan fingerprint density at radius 1 is 1.17 bits per heavy atom. The highest BCUT2D eigenvalue weighted by atomic mass is 19.4. The van der Waals surface area contributed by atoms with Gasteiger partial charge in [0.15, 0.2) is 0 Å². The van der Waals surface area contributed by atoms with Gasteiger partial charge in [-0.2, -0.15) is 13.2 Å². The molecule has 2 amide bonds. The van der Waals surface area contributed by atoms with Crippen molar-refractivity contribution in [1.82, 2.24) is 5.32 Å². The predicted octanol–water partition coefficient (Wildman–Crippen LogP) is 2.20. The molecule has 0 spiro atoms. The van der Waals surface area contributed by atoms with Gasteiger partial charge in [-0.15, -0.1) is 0 Å². The Morgan fingerprint density at radius 2 is 1.79 bits per heavy atom. The summed E-state index contributed by atoms with van der Waals surface area (Å²) in [6.45, 7) is -0.115. The largest absolute Gasteiger partial charge is 0.419 e. The standard InChI is InChI=1S/C15H16F4N2O3/c16-11-4-3-9(7-10(11)15(17,18)19)21-13(23)12(22)20-8-14(24)5-1-2-6-14/h3-4,7,24H,1-2,5-6,8H2,(H,20,22)(H,21,23). The first-order chi connectivity index (χ1) is 11.1. The summed E-state index contributed by atoms with van der Waals surface area (Å²) in [4.78, 5) is 23.4. The molecule has 3 N–H and O–H groups in total. The minimum atomic E-state index is -4.92. The smallest absolute Gasteiger partial charge is 0.388 e. The minimum absolute atomic E-state index is 0.115. The van der Waals surface area contributed by atoms with Crippen molar-refractivity contribution in [1.29, 1.82) is 0 Å². The SMILES string of the molecule is O=C(NCC1(O)CCCC1)C(=O)Nc1ccc(F)c(C(F)(F)F)c1. The summed E-state index contributed by atoms with van der Waals surface area (Å²) in [5.74, 6) is -3.77. The number of rotatable bonds is 3. The highest BCUT2D eigenvalue weighted by Crippen LogP contribution is 2.33. The van der Waals surface area contributed by atoms with Gasteiger partial charge in [0, 0.05) is 12.2 Å². The molecule has 0 radical (unpaired) electrons. The molecule has 132 valence electrons. The van der Waals surface area contributed by atoms with Crippen molar-refractivity contribution in [3.63, 3.8) is 0 Å². The predicted molar refractivity (Wildman–Crippen MR) is 76.5 cm³/mol. The van der Waals surface area contributed by atoms with Gasteiger partial charge in [-0.25, -0.2) is 4.39 Å². The second kappa shape index (κ2) is 6.76. The van der Waals surface area contributed by atoms with Crippen LogP contribution < -0.4 is 10.6 Å². The molecule has 24 heavy (non-hydrogen) atoms. The number of carbonyl (C=O) groups excluding carboxylic acids is 2. The lowest BCUT2D eigenvalue weighted by atomic mass is 10.0. The highest BCUT2D eigenvalue weighted by molar-refractivity contribution is 6.39. The lowest BCUT2D eigenvalue weighted by Crippen LogP contribution is -2.44. The van der Waals surface area contributed by atoms with E-state index in [1.807, 2.05) is 5.32 Å². The van der Waals surface area contributed by atoms with Crippen molar-refractivity contribution in [3.8, 4) is 0 Å². The number of alkyl halides is 3. The molecule has 5 nitrogen and oxygen atoms in total. The topological polar surface area (TPSA) is 78.4 Å². The third kappa shape index (κ3) is 4.44. The van der Waals surface area contributed by atoms with E-state index >= 15 is 0 Å². The fraction of sp³-hybridized carbons (Fsp3) is 0.467. The molecule has 1 aliphatic rings. The Kier molecular flexibility index (Phi) is 5.12. The zero-order valence-corrected chi connectivity index (χ0v) is 12.5. The fourth-order valence-electron chi connectivity index (χ4n) is 2.54. The summed E-state index contributed by atoms with van der Waals surface area (Å²) in [6, 6.07) is 1.88. The first-order valence-corrected chi connectivity index (χ1v) is 7.29. The van der Waals surface area contributed by atoms with E-state index in [0.29, 0.717) is 25.0 Å². The number of benzene rings is 1. The van der Waals surface area contributed by atoms with Crippen molar-refractivity contribution in [2.24, 2.45) is 0 Å². The summed E-state index contributed by atoms with van der Waals surface area (Å²) >= 11 is 0. The second-order valence-corrected chi connectivity index (χ2v) is 5.76. The first-order valence-electron chi connectivity index (χ1n) is 7.29. The lowest BCUT2D eigenvalue weighted by Gasteiger charge is -2.22. The van der Waals surface area contributed by atoms with Crippen molar-refractivity contribution < 1.29 is 32.3 Å². The maximum atomic E-state index is 13.2. The summed E-state index contributed by atoms with van der Waals surface area (Å²) in [5, 5.41) is 14.3. The number of carbonyl (C=O) groups is 2. The van der Waals surface area contributed by atoms with Gasteiger partial charge in [0.05, 0.1) is 11.2 Å². The summed E-state index contributed by atoms with van der Waals surface area (Å²) < 4.78 is 51.0. The van der Waals surface area contributed by atoms with Gasteiger partial charge in [-0.3, -0.25) is 9.59 Å². The summed E-state index contributed by atoms with van der Waals surface area (Å²) in [5.41, 5.74) is -2.96. The van der Waals surface area contributed by atoms with Crippen LogP contribution in [0.3, 0.4) is 0 Å². The molecule has 0 saturated heterocycles. The highest BCUT2D eigenvalue weighted by Gasteiger charge is 2.35. The molecule has 1 aromatic rings. The van der Waals surface area contributed by atoms with Crippen LogP contribution in [0.15, 0.2) is 18.2 Å². The Hall–Kier alpha value is -2.16. The number of anilines is 1. The van der Waals surface area contributed by atoms with Gasteiger partial charge in [-0.05, 0) is 31.0 Å². The van der Waals surface area contributed by atoms with E-state index in [2.05, 4.69) is 5.32 Å². The van der Waals surface area contributed by atoms with Gasteiger partial charge in [-0.1, -0.05) is 12.8 Å². The van der Waals surface area contributed by atoms with Crippen molar-refractivity contribution in [2.75, 3.05) is 11.9 Å². The Morgan fingerprint density at radius 3 is 2.38 bits per heavy atom. The number of aliphatic hydroxyl groups is 1. The monoisotopic (exact) mass is 348 g/mol.